The molecule has 4 aromatic carbocycles. The van der Waals surface area contributed by atoms with Gasteiger partial charge in [-0.3, -0.25) is 4.79 Å². The lowest BCUT2D eigenvalue weighted by molar-refractivity contribution is -0.141. The summed E-state index contributed by atoms with van der Waals surface area (Å²) in [6.45, 7) is 1.89. The van der Waals surface area contributed by atoms with Crippen molar-refractivity contribution < 1.29 is 34.0 Å². The largest absolute Gasteiger partial charge is 0.508 e. The van der Waals surface area contributed by atoms with Crippen molar-refractivity contribution in [2.75, 3.05) is 26.1 Å². The second-order valence-corrected chi connectivity index (χ2v) is 19.8. The van der Waals surface area contributed by atoms with Crippen LogP contribution in [-0.2, 0) is 34.2 Å². The molecule has 6 unspecified atom stereocenters. The summed E-state index contributed by atoms with van der Waals surface area (Å²) in [5.41, 5.74) is 16.6. The van der Waals surface area contributed by atoms with Gasteiger partial charge in [0, 0.05) is 58.7 Å². The van der Waals surface area contributed by atoms with Crippen molar-refractivity contribution in [2.45, 2.75) is 119 Å². The number of anilines is 1. The number of phenolic OH excluding ortho intramolecular Hbond substituents is 2. The molecule has 4 bridgehead atoms. The van der Waals surface area contributed by atoms with Gasteiger partial charge in [-0.05, 0) is 115 Å². The molecule has 1 aromatic heterocycles. The van der Waals surface area contributed by atoms with Crippen molar-refractivity contribution in [1.29, 1.82) is 0 Å². The molecule has 11 rings (SSSR count). The molecule has 5 N–H and O–H groups in total. The highest BCUT2D eigenvalue weighted by Gasteiger charge is 2.52. The minimum atomic E-state index is -0.634. The topological polar surface area (TPSA) is 145 Å². The van der Waals surface area contributed by atoms with Gasteiger partial charge >= 0.3 is 5.97 Å². The minimum absolute atomic E-state index is 0.0350. The first-order valence-corrected chi connectivity index (χ1v) is 24.3. The molecule has 6 atom stereocenters. The highest BCUT2D eigenvalue weighted by atomic mass is 16.5. The lowest BCUT2D eigenvalue weighted by Crippen LogP contribution is -2.41. The molecule has 0 saturated heterocycles. The molecule has 67 heavy (non-hydrogen) atoms. The Labute approximate surface area is 392 Å². The van der Waals surface area contributed by atoms with Gasteiger partial charge < -0.3 is 40.2 Å². The zero-order chi connectivity index (χ0) is 45.8. The van der Waals surface area contributed by atoms with Crippen LogP contribution < -0.4 is 25.3 Å². The first kappa shape index (κ1) is 43.1. The number of aryl methyl sites for hydroxylation is 1. The summed E-state index contributed by atoms with van der Waals surface area (Å²) in [5, 5.41) is 26.9. The molecule has 1 spiro atoms. The van der Waals surface area contributed by atoms with Crippen LogP contribution in [0.25, 0.3) is 17.2 Å². The highest BCUT2D eigenvalue weighted by molar-refractivity contribution is 5.84. The number of phenols is 2. The molecule has 6 aliphatic rings. The van der Waals surface area contributed by atoms with E-state index in [2.05, 4.69) is 77.8 Å². The molecule has 10 nitrogen and oxygen atoms in total. The van der Waals surface area contributed by atoms with E-state index in [1.807, 2.05) is 12.1 Å². The van der Waals surface area contributed by atoms with Gasteiger partial charge in [-0.15, -0.1) is 0 Å². The number of benzene rings is 4. The fraction of sp³-hybridized carbons (Fsp3) is 0.404. The average Bonchev–Trinajstić information content (AvgIpc) is 3.83. The fourth-order valence-corrected chi connectivity index (χ4v) is 12.8. The Kier molecular flexibility index (Phi) is 11.4. The number of esters is 1. The van der Waals surface area contributed by atoms with E-state index in [1.165, 1.54) is 31.7 Å². The lowest BCUT2D eigenvalue weighted by atomic mass is 9.64. The number of nitrogen functional groups attached to an aromatic ring is 1. The van der Waals surface area contributed by atoms with Crippen LogP contribution in [-0.4, -0.2) is 53.6 Å². The van der Waals surface area contributed by atoms with Gasteiger partial charge in [0.1, 0.15) is 48.1 Å². The van der Waals surface area contributed by atoms with E-state index >= 15 is 0 Å². The van der Waals surface area contributed by atoms with Crippen LogP contribution in [0.4, 0.5) is 5.82 Å². The lowest BCUT2D eigenvalue weighted by Gasteiger charge is -2.39. The van der Waals surface area contributed by atoms with E-state index in [9.17, 15) is 15.0 Å². The number of aromatic hydroxyl groups is 2. The average molecular weight is 898 g/mol. The van der Waals surface area contributed by atoms with Gasteiger partial charge in [0.15, 0.2) is 11.5 Å². The summed E-state index contributed by atoms with van der Waals surface area (Å²) in [4.78, 5) is 17.7. The molecule has 5 aromatic rings. The van der Waals surface area contributed by atoms with Gasteiger partial charge in [-0.2, -0.15) is 0 Å². The monoisotopic (exact) mass is 897 g/mol. The third-order valence-electron chi connectivity index (χ3n) is 15.7. The normalized spacial score (nSPS) is 24.4. The number of nitrogens with two attached hydrogens (primary N) is 1. The predicted octanol–water partition coefficient (Wildman–Crippen LogP) is 10.1. The zero-order valence-corrected chi connectivity index (χ0v) is 38.4. The Balaban J connectivity index is 1.14. The maximum absolute atomic E-state index is 12.7. The number of nitrogens with one attached hydrogen (secondary N) is 1. The molecule has 2 saturated carbocycles. The number of fused-ring (bicyclic) bond motifs is 9. The van der Waals surface area contributed by atoms with Gasteiger partial charge in [-0.1, -0.05) is 85.9 Å². The second kappa shape index (κ2) is 17.7. The predicted molar refractivity (Wildman–Crippen MR) is 259 cm³/mol. The van der Waals surface area contributed by atoms with Gasteiger partial charge in [-0.25, -0.2) is 4.98 Å². The summed E-state index contributed by atoms with van der Waals surface area (Å²) in [7, 11) is 1.65. The van der Waals surface area contributed by atoms with Crippen molar-refractivity contribution in [3.8, 4) is 51.7 Å². The van der Waals surface area contributed by atoms with E-state index in [0.717, 1.165) is 101 Å². The Morgan fingerprint density at radius 2 is 1.81 bits per heavy atom. The van der Waals surface area contributed by atoms with Crippen LogP contribution in [0.1, 0.15) is 133 Å². The quantitative estimate of drug-likeness (QED) is 0.0877. The summed E-state index contributed by atoms with van der Waals surface area (Å²) in [5.74, 6) is 9.04. The van der Waals surface area contributed by atoms with E-state index in [0.29, 0.717) is 42.1 Å². The third-order valence-corrected chi connectivity index (χ3v) is 15.7. The maximum Gasteiger partial charge on any atom is 0.302 e. The zero-order valence-electron chi connectivity index (χ0n) is 38.4. The number of aromatic nitrogens is 1. The number of carbonyl (C=O) groups excluding carboxylic acids is 1. The van der Waals surface area contributed by atoms with Crippen molar-refractivity contribution in [2.24, 2.45) is 5.92 Å². The second-order valence-electron chi connectivity index (χ2n) is 19.8. The number of pyridine rings is 1. The van der Waals surface area contributed by atoms with Crippen LogP contribution >= 0.6 is 0 Å². The van der Waals surface area contributed by atoms with Crippen LogP contribution in [0.2, 0.25) is 0 Å². The molecule has 3 aliphatic heterocycles. The van der Waals surface area contributed by atoms with Crippen LogP contribution in [0.15, 0.2) is 78.9 Å². The van der Waals surface area contributed by atoms with Gasteiger partial charge in [0.25, 0.3) is 0 Å². The molecule has 0 radical (unpaired) electrons. The molecule has 2 fully saturated rings. The number of hydrogen-bond donors (Lipinski definition) is 4. The highest BCUT2D eigenvalue weighted by Crippen LogP contribution is 2.64. The number of carbonyl (C=O) groups is 1. The molecular formula is C57H59N3O7. The number of methoxy groups -OCH3 is 1. The Morgan fingerprint density at radius 1 is 0.970 bits per heavy atom. The summed E-state index contributed by atoms with van der Waals surface area (Å²) in [6.07, 6.45) is 15.0. The van der Waals surface area contributed by atoms with E-state index in [1.54, 1.807) is 19.2 Å². The molecule has 0 amide bonds. The number of ether oxygens (including phenoxy) is 4. The summed E-state index contributed by atoms with van der Waals surface area (Å²) < 4.78 is 26.2. The number of nitrogens with zero attached hydrogens (tertiary/aromatic N) is 1. The Bertz CT molecular complexity index is 2840. The van der Waals surface area contributed by atoms with Crippen LogP contribution in [0.3, 0.4) is 0 Å². The number of hydrogen-bond acceptors (Lipinski definition) is 10. The Morgan fingerprint density at radius 3 is 2.63 bits per heavy atom. The van der Waals surface area contributed by atoms with Gasteiger partial charge in [0.2, 0.25) is 0 Å². The number of rotatable bonds is 8. The molecule has 344 valence electrons. The maximum atomic E-state index is 12.7. The minimum Gasteiger partial charge on any atom is -0.508 e. The van der Waals surface area contributed by atoms with E-state index < -0.39 is 12.0 Å². The first-order chi connectivity index (χ1) is 32.7. The standard InChI is InChI=1S/C57H59N3O7/c1-33(61)65-32-46-43-20-21-44-51-37(26-40(62)28-49(51)64-2)30-57-25-24-36(29-57)41(18-16-34-10-5-3-6-11-34)42-22-23-50(58)60-47(42)15-9-12-35-27-48(63)54-45(52(35)55(46)67-56(43)53(44)57)19-17-39(31-66-54)59-38-13-7-4-8-14-38/h3,5-6,10-11,17,19-23,26-28,36,38-39,41,46,55,59,62-63H,4,7-8,12-14,16,18,24-25,29-32H2,1-2H3,(H2,58,60). The summed E-state index contributed by atoms with van der Waals surface area (Å²) >= 11 is 0. The van der Waals surface area contributed by atoms with Crippen molar-refractivity contribution in [1.82, 2.24) is 10.3 Å². The smallest absolute Gasteiger partial charge is 0.302 e. The van der Waals surface area contributed by atoms with Crippen molar-refractivity contribution in [3.63, 3.8) is 0 Å². The fourth-order valence-electron chi connectivity index (χ4n) is 12.8. The summed E-state index contributed by atoms with van der Waals surface area (Å²) in [6, 6.07) is 24.8. The van der Waals surface area contributed by atoms with Crippen LogP contribution in [0, 0.1) is 17.8 Å². The molecular weight excluding hydrogens is 839 g/mol. The molecule has 10 heteroatoms. The third kappa shape index (κ3) is 7.95. The Hall–Kier alpha value is -6.44. The SMILES string of the molecule is COc1cc(O)cc2c1-c1ccc3c4c1C1(CCC(C1)C(CCc1ccccc1)c1ccc(N)nc1C#CCc1cc(O)c5c(c1C(O4)C3COC(C)=O)C=CC(NC1CCCCC1)CO5)C2. The molecule has 4 heterocycles. The van der Waals surface area contributed by atoms with Gasteiger partial charge in [0.05, 0.1) is 19.1 Å². The van der Waals surface area contributed by atoms with Crippen molar-refractivity contribution >= 4 is 17.9 Å². The first-order valence-electron chi connectivity index (χ1n) is 24.3. The molecule has 3 aliphatic carbocycles. The van der Waals surface area contributed by atoms with E-state index in [-0.39, 0.29) is 53.8 Å². The van der Waals surface area contributed by atoms with Crippen LogP contribution in [0.5, 0.6) is 28.7 Å². The van der Waals surface area contributed by atoms with E-state index in [4.69, 9.17) is 29.7 Å². The van der Waals surface area contributed by atoms with Crippen molar-refractivity contribution in [3.05, 3.63) is 129 Å².